The van der Waals surface area contributed by atoms with Crippen LogP contribution >= 0.6 is 23.8 Å². The number of aromatic nitrogens is 2. The summed E-state index contributed by atoms with van der Waals surface area (Å²) in [5.41, 5.74) is 5.45. The van der Waals surface area contributed by atoms with Gasteiger partial charge in [-0.25, -0.2) is 0 Å². The van der Waals surface area contributed by atoms with Crippen LogP contribution in [0.15, 0.2) is 72.9 Å². The molecule has 0 spiro atoms. The average Bonchev–Trinajstić information content (AvgIpc) is 3.35. The minimum absolute atomic E-state index is 0.161. The highest BCUT2D eigenvalue weighted by atomic mass is 35.5. The van der Waals surface area contributed by atoms with Crippen LogP contribution in [0.1, 0.15) is 34.7 Å². The number of pyridine rings is 1. The molecule has 5 rings (SSSR count). The number of anilines is 1. The maximum absolute atomic E-state index is 10.7. The summed E-state index contributed by atoms with van der Waals surface area (Å²) < 4.78 is 7.79. The van der Waals surface area contributed by atoms with Crippen LogP contribution in [0.4, 0.5) is 5.69 Å². The third-order valence-corrected chi connectivity index (χ3v) is 6.96. The van der Waals surface area contributed by atoms with E-state index in [-0.39, 0.29) is 17.8 Å². The van der Waals surface area contributed by atoms with Gasteiger partial charge in [0.05, 0.1) is 36.3 Å². The van der Waals surface area contributed by atoms with E-state index < -0.39 is 0 Å². The molecule has 35 heavy (non-hydrogen) atoms. The second-order valence-electron chi connectivity index (χ2n) is 8.46. The molecule has 0 bridgehead atoms. The zero-order chi connectivity index (χ0) is 24.7. The van der Waals surface area contributed by atoms with Gasteiger partial charge in [0.2, 0.25) is 0 Å². The van der Waals surface area contributed by atoms with Crippen LogP contribution < -0.4 is 15.0 Å². The molecule has 1 aliphatic rings. The highest BCUT2D eigenvalue weighted by Gasteiger charge is 2.43. The fraction of sp³-hybridized carbons (Fsp3) is 0.185. The largest absolute Gasteiger partial charge is 0.506 e. The Morgan fingerprint density at radius 2 is 1.80 bits per heavy atom. The number of phenols is 1. The number of halogens is 1. The van der Waals surface area contributed by atoms with E-state index in [4.69, 9.17) is 28.6 Å². The highest BCUT2D eigenvalue weighted by Crippen LogP contribution is 2.46. The molecule has 0 amide bonds. The summed E-state index contributed by atoms with van der Waals surface area (Å²) >= 11 is 12.2. The first-order valence-corrected chi connectivity index (χ1v) is 12.0. The van der Waals surface area contributed by atoms with Crippen LogP contribution in [0.2, 0.25) is 5.02 Å². The zero-order valence-corrected chi connectivity index (χ0v) is 21.1. The topological polar surface area (TPSA) is 62.5 Å². The van der Waals surface area contributed by atoms with Crippen molar-refractivity contribution in [2.75, 3.05) is 12.0 Å². The van der Waals surface area contributed by atoms with Gasteiger partial charge in [-0.1, -0.05) is 29.8 Å². The Morgan fingerprint density at radius 1 is 1.03 bits per heavy atom. The molecule has 4 aromatic rings. The van der Waals surface area contributed by atoms with E-state index in [1.54, 1.807) is 25.4 Å². The van der Waals surface area contributed by atoms with E-state index in [1.807, 2.05) is 53.4 Å². The molecule has 2 N–H and O–H groups in total. The van der Waals surface area contributed by atoms with Gasteiger partial charge >= 0.3 is 0 Å². The van der Waals surface area contributed by atoms with Crippen LogP contribution in [-0.4, -0.2) is 26.9 Å². The molecule has 0 aliphatic carbocycles. The predicted octanol–water partition coefficient (Wildman–Crippen LogP) is 6.03. The van der Waals surface area contributed by atoms with Crippen molar-refractivity contribution in [3.8, 4) is 17.2 Å². The Bertz CT molecular complexity index is 1410. The molecule has 8 heteroatoms. The standard InChI is InChI=1S/C27H25ClN4O2S/c1-16-14-19(17(2)31(16)22-15-18(28)11-12-24(22)34-3)26-25(20-8-6-7-13-29-20)30-27(35)32(26)21-9-4-5-10-23(21)33/h4-15,25-26,33H,1-3H3,(H,30,35)/t25-,26-/m0/s1. The summed E-state index contributed by atoms with van der Waals surface area (Å²) in [5, 5.41) is 15.3. The maximum atomic E-state index is 10.7. The number of thiocarbonyl (C=S) groups is 1. The number of hydrogen-bond donors (Lipinski definition) is 2. The van der Waals surface area contributed by atoms with Crippen molar-refractivity contribution in [2.45, 2.75) is 25.9 Å². The van der Waals surface area contributed by atoms with E-state index in [0.29, 0.717) is 15.8 Å². The monoisotopic (exact) mass is 504 g/mol. The van der Waals surface area contributed by atoms with Crippen LogP contribution in [0.3, 0.4) is 0 Å². The molecule has 178 valence electrons. The number of rotatable bonds is 5. The molecule has 2 aromatic carbocycles. The summed E-state index contributed by atoms with van der Waals surface area (Å²) in [7, 11) is 1.65. The van der Waals surface area contributed by atoms with Gasteiger partial charge in [-0.15, -0.1) is 0 Å². The summed E-state index contributed by atoms with van der Waals surface area (Å²) in [6.07, 6.45) is 1.78. The number of nitrogens with one attached hydrogen (secondary N) is 1. The SMILES string of the molecule is COc1ccc(Cl)cc1-n1c(C)cc([C@H]2[C@H](c3ccccn3)NC(=S)N2c2ccccc2O)c1C. The lowest BCUT2D eigenvalue weighted by atomic mass is 9.96. The molecule has 1 aliphatic heterocycles. The van der Waals surface area contributed by atoms with Gasteiger partial charge in [0.25, 0.3) is 0 Å². The first kappa shape index (κ1) is 23.2. The van der Waals surface area contributed by atoms with Crippen molar-refractivity contribution in [3.05, 3.63) is 101 Å². The molecular formula is C27H25ClN4O2S. The normalized spacial score (nSPS) is 17.5. The Labute approximate surface area is 214 Å². The van der Waals surface area contributed by atoms with Gasteiger partial charge in [-0.3, -0.25) is 4.98 Å². The number of nitrogens with zero attached hydrogens (tertiary/aromatic N) is 3. The van der Waals surface area contributed by atoms with Crippen LogP contribution in [-0.2, 0) is 0 Å². The minimum atomic E-state index is -0.254. The molecule has 0 radical (unpaired) electrons. The Kier molecular flexibility index (Phi) is 6.13. The van der Waals surface area contributed by atoms with Gasteiger partial charge < -0.3 is 24.6 Å². The third kappa shape index (κ3) is 4.00. The molecule has 2 aromatic heterocycles. The molecule has 3 heterocycles. The smallest absolute Gasteiger partial charge is 0.174 e. The predicted molar refractivity (Wildman–Crippen MR) is 143 cm³/mol. The summed E-state index contributed by atoms with van der Waals surface area (Å²) in [6.45, 7) is 4.13. The van der Waals surface area contributed by atoms with Crippen molar-refractivity contribution in [1.82, 2.24) is 14.9 Å². The van der Waals surface area contributed by atoms with Gasteiger partial charge in [0, 0.05) is 22.6 Å². The molecule has 2 atom stereocenters. The quantitative estimate of drug-likeness (QED) is 0.323. The second-order valence-corrected chi connectivity index (χ2v) is 9.29. The number of aromatic hydroxyl groups is 1. The number of ether oxygens (including phenoxy) is 1. The van der Waals surface area contributed by atoms with Gasteiger partial charge in [-0.2, -0.15) is 0 Å². The fourth-order valence-electron chi connectivity index (χ4n) is 4.89. The molecule has 1 saturated heterocycles. The number of para-hydroxylation sites is 2. The van der Waals surface area contributed by atoms with E-state index in [1.165, 1.54) is 0 Å². The van der Waals surface area contributed by atoms with Crippen LogP contribution in [0.25, 0.3) is 5.69 Å². The highest BCUT2D eigenvalue weighted by molar-refractivity contribution is 7.80. The van der Waals surface area contributed by atoms with E-state index in [2.05, 4.69) is 34.8 Å². The summed E-state index contributed by atoms with van der Waals surface area (Å²) in [6, 6.07) is 20.3. The van der Waals surface area contributed by atoms with E-state index in [0.717, 1.165) is 34.1 Å². The number of aryl methyl sites for hydroxylation is 1. The second kappa shape index (κ2) is 9.24. The molecule has 0 saturated carbocycles. The maximum Gasteiger partial charge on any atom is 0.174 e. The lowest BCUT2D eigenvalue weighted by Gasteiger charge is -2.28. The lowest BCUT2D eigenvalue weighted by Crippen LogP contribution is -2.29. The Morgan fingerprint density at radius 3 is 2.51 bits per heavy atom. The molecule has 0 unspecified atom stereocenters. The Balaban J connectivity index is 1.72. The van der Waals surface area contributed by atoms with Crippen molar-refractivity contribution in [2.24, 2.45) is 0 Å². The molecule has 6 nitrogen and oxygen atoms in total. The molecular weight excluding hydrogens is 480 g/mol. The van der Waals surface area contributed by atoms with Crippen molar-refractivity contribution in [3.63, 3.8) is 0 Å². The van der Waals surface area contributed by atoms with Gasteiger partial charge in [0.1, 0.15) is 11.5 Å². The van der Waals surface area contributed by atoms with Crippen molar-refractivity contribution < 1.29 is 9.84 Å². The summed E-state index contributed by atoms with van der Waals surface area (Å²) in [5.74, 6) is 0.885. The zero-order valence-electron chi connectivity index (χ0n) is 19.6. The number of methoxy groups -OCH3 is 1. The van der Waals surface area contributed by atoms with Crippen molar-refractivity contribution >= 4 is 34.6 Å². The lowest BCUT2D eigenvalue weighted by molar-refractivity contribution is 0.412. The van der Waals surface area contributed by atoms with Crippen LogP contribution in [0, 0.1) is 13.8 Å². The third-order valence-electron chi connectivity index (χ3n) is 6.41. The van der Waals surface area contributed by atoms with Crippen LogP contribution in [0.5, 0.6) is 11.5 Å². The minimum Gasteiger partial charge on any atom is -0.506 e. The Hall–Kier alpha value is -3.55. The number of phenolic OH excluding ortho intramolecular Hbond substituents is 1. The average molecular weight is 505 g/mol. The van der Waals surface area contributed by atoms with Gasteiger partial charge in [-0.05, 0) is 80.2 Å². The van der Waals surface area contributed by atoms with E-state index >= 15 is 0 Å². The van der Waals surface area contributed by atoms with E-state index in [9.17, 15) is 5.11 Å². The molecule has 1 fully saturated rings. The number of hydrogen-bond acceptors (Lipinski definition) is 4. The van der Waals surface area contributed by atoms with Gasteiger partial charge in [0.15, 0.2) is 5.11 Å². The summed E-state index contributed by atoms with van der Waals surface area (Å²) in [4.78, 5) is 6.60. The first-order valence-electron chi connectivity index (χ1n) is 11.2. The van der Waals surface area contributed by atoms with Crippen molar-refractivity contribution in [1.29, 1.82) is 0 Å². The fourth-order valence-corrected chi connectivity index (χ4v) is 5.40. The number of benzene rings is 2. The first-order chi connectivity index (χ1) is 16.9.